The molecule has 0 bridgehead atoms. The molecular weight excluding hydrogens is 244 g/mol. The molecule has 2 N–H and O–H groups in total. The third-order valence-corrected chi connectivity index (χ3v) is 3.90. The van der Waals surface area contributed by atoms with Gasteiger partial charge in [-0.15, -0.1) is 0 Å². The number of anilines is 2. The molecule has 1 aliphatic rings. The molecule has 0 radical (unpaired) electrons. The number of rotatable bonds is 4. The zero-order valence-corrected chi connectivity index (χ0v) is 12.0. The molecule has 1 aromatic heterocycles. The molecule has 1 aromatic rings. The Bertz CT molecular complexity index is 353. The van der Waals surface area contributed by atoms with Gasteiger partial charge in [0.25, 0.3) is 0 Å². The van der Waals surface area contributed by atoms with Crippen molar-refractivity contribution in [1.29, 1.82) is 0 Å². The van der Waals surface area contributed by atoms with E-state index in [-0.39, 0.29) is 0 Å². The Balaban J connectivity index is 2.06. The van der Waals surface area contributed by atoms with E-state index < -0.39 is 0 Å². The number of aromatic nitrogens is 2. The molecule has 1 heterocycles. The molecule has 0 amide bonds. The highest BCUT2D eigenvalue weighted by molar-refractivity contribution is 7.98. The summed E-state index contributed by atoms with van der Waals surface area (Å²) < 4.78 is 0. The van der Waals surface area contributed by atoms with Crippen LogP contribution in [0.25, 0.3) is 0 Å². The molecule has 18 heavy (non-hydrogen) atoms. The zero-order chi connectivity index (χ0) is 12.8. The van der Waals surface area contributed by atoms with Gasteiger partial charge in [-0.05, 0) is 19.1 Å². The summed E-state index contributed by atoms with van der Waals surface area (Å²) in [6.07, 6.45) is 9.93. The monoisotopic (exact) mass is 266 g/mol. The minimum atomic E-state index is 0.571. The Hall–Kier alpha value is -0.970. The summed E-state index contributed by atoms with van der Waals surface area (Å²) >= 11 is 1.58. The van der Waals surface area contributed by atoms with Crippen LogP contribution in [0.2, 0.25) is 0 Å². The zero-order valence-electron chi connectivity index (χ0n) is 11.2. The topological polar surface area (TPSA) is 49.8 Å². The van der Waals surface area contributed by atoms with E-state index in [1.165, 1.54) is 38.5 Å². The van der Waals surface area contributed by atoms with E-state index >= 15 is 0 Å². The molecule has 1 aliphatic carbocycles. The minimum absolute atomic E-state index is 0.571. The van der Waals surface area contributed by atoms with Gasteiger partial charge in [-0.2, -0.15) is 0 Å². The number of nitrogens with zero attached hydrogens (tertiary/aromatic N) is 2. The third kappa shape index (κ3) is 3.77. The Labute approximate surface area is 113 Å². The van der Waals surface area contributed by atoms with Gasteiger partial charge >= 0.3 is 0 Å². The maximum absolute atomic E-state index is 4.53. The van der Waals surface area contributed by atoms with Gasteiger partial charge in [-0.3, -0.25) is 0 Å². The van der Waals surface area contributed by atoms with Crippen LogP contribution in [0, 0.1) is 0 Å². The molecule has 2 rings (SSSR count). The summed E-state index contributed by atoms with van der Waals surface area (Å²) in [4.78, 5) is 8.91. The largest absolute Gasteiger partial charge is 0.373 e. The molecule has 0 saturated heterocycles. The predicted octanol–water partition coefficient (Wildman–Crippen LogP) is 3.37. The summed E-state index contributed by atoms with van der Waals surface area (Å²) in [5, 5.41) is 7.47. The highest BCUT2D eigenvalue weighted by Gasteiger charge is 2.13. The predicted molar refractivity (Wildman–Crippen MR) is 78.5 cm³/mol. The second kappa shape index (κ2) is 6.83. The number of nitrogens with one attached hydrogen (secondary N) is 2. The van der Waals surface area contributed by atoms with Crippen molar-refractivity contribution in [2.75, 3.05) is 23.9 Å². The quantitative estimate of drug-likeness (QED) is 0.497. The average Bonchev–Trinajstić information content (AvgIpc) is 2.67. The molecule has 5 heteroatoms. The Morgan fingerprint density at radius 2 is 1.78 bits per heavy atom. The lowest BCUT2D eigenvalue weighted by Crippen LogP contribution is -2.19. The Kier molecular flexibility index (Phi) is 5.11. The van der Waals surface area contributed by atoms with E-state index in [0.717, 1.165) is 16.8 Å². The molecule has 4 nitrogen and oxygen atoms in total. The maximum atomic E-state index is 4.53. The SMILES string of the molecule is CNc1cc(NC2CCCCCC2)nc(SC)n1. The lowest BCUT2D eigenvalue weighted by atomic mass is 10.1. The molecule has 0 atom stereocenters. The smallest absolute Gasteiger partial charge is 0.191 e. The van der Waals surface area contributed by atoms with Crippen LogP contribution >= 0.6 is 11.8 Å². The fourth-order valence-electron chi connectivity index (χ4n) is 2.35. The second-order valence-electron chi connectivity index (χ2n) is 4.71. The van der Waals surface area contributed by atoms with E-state index in [2.05, 4.69) is 20.6 Å². The third-order valence-electron chi connectivity index (χ3n) is 3.35. The van der Waals surface area contributed by atoms with Crippen LogP contribution in [0.5, 0.6) is 0 Å². The minimum Gasteiger partial charge on any atom is -0.373 e. The van der Waals surface area contributed by atoms with Gasteiger partial charge < -0.3 is 10.6 Å². The van der Waals surface area contributed by atoms with E-state index in [0.29, 0.717) is 6.04 Å². The summed E-state index contributed by atoms with van der Waals surface area (Å²) in [5.74, 6) is 1.83. The standard InChI is InChI=1S/C13H22N4S/c1-14-11-9-12(17-13(16-11)18-2)15-10-7-5-3-4-6-8-10/h9-10H,3-8H2,1-2H3,(H2,14,15,16,17). The maximum Gasteiger partial charge on any atom is 0.191 e. The molecule has 0 aliphatic heterocycles. The lowest BCUT2D eigenvalue weighted by molar-refractivity contribution is 0.616. The van der Waals surface area contributed by atoms with E-state index in [1.54, 1.807) is 11.8 Å². The van der Waals surface area contributed by atoms with Crippen LogP contribution < -0.4 is 10.6 Å². The van der Waals surface area contributed by atoms with Crippen molar-refractivity contribution in [3.63, 3.8) is 0 Å². The molecule has 0 spiro atoms. The fraction of sp³-hybridized carbons (Fsp3) is 0.692. The molecule has 1 fully saturated rings. The summed E-state index contributed by atoms with van der Waals surface area (Å²) in [6, 6.07) is 2.56. The molecule has 0 unspecified atom stereocenters. The number of hydrogen-bond donors (Lipinski definition) is 2. The van der Waals surface area contributed by atoms with Crippen molar-refractivity contribution in [3.8, 4) is 0 Å². The summed E-state index contributed by atoms with van der Waals surface area (Å²) in [5.41, 5.74) is 0. The van der Waals surface area contributed by atoms with Crippen LogP contribution in [0.1, 0.15) is 38.5 Å². The van der Waals surface area contributed by atoms with Gasteiger partial charge in [0, 0.05) is 19.2 Å². The van der Waals surface area contributed by atoms with Crippen LogP contribution in [-0.2, 0) is 0 Å². The van der Waals surface area contributed by atoms with Crippen molar-refractivity contribution in [2.45, 2.75) is 49.7 Å². The summed E-state index contributed by atoms with van der Waals surface area (Å²) in [7, 11) is 1.89. The Morgan fingerprint density at radius 1 is 1.11 bits per heavy atom. The van der Waals surface area contributed by atoms with Gasteiger partial charge in [0.1, 0.15) is 11.6 Å². The van der Waals surface area contributed by atoms with Crippen molar-refractivity contribution < 1.29 is 0 Å². The second-order valence-corrected chi connectivity index (χ2v) is 5.48. The summed E-state index contributed by atoms with van der Waals surface area (Å²) in [6.45, 7) is 0. The highest BCUT2D eigenvalue weighted by Crippen LogP contribution is 2.22. The van der Waals surface area contributed by atoms with Crippen LogP contribution in [-0.4, -0.2) is 29.3 Å². The normalized spacial score (nSPS) is 17.2. The first-order chi connectivity index (χ1) is 8.81. The number of hydrogen-bond acceptors (Lipinski definition) is 5. The first-order valence-electron chi connectivity index (χ1n) is 6.69. The molecule has 0 aromatic carbocycles. The average molecular weight is 266 g/mol. The first-order valence-corrected chi connectivity index (χ1v) is 7.91. The van der Waals surface area contributed by atoms with Gasteiger partial charge in [-0.25, -0.2) is 9.97 Å². The highest BCUT2D eigenvalue weighted by atomic mass is 32.2. The van der Waals surface area contributed by atoms with Gasteiger partial charge in [0.15, 0.2) is 5.16 Å². The Morgan fingerprint density at radius 3 is 2.39 bits per heavy atom. The van der Waals surface area contributed by atoms with E-state index in [9.17, 15) is 0 Å². The lowest BCUT2D eigenvalue weighted by Gasteiger charge is -2.17. The van der Waals surface area contributed by atoms with Crippen molar-refractivity contribution in [1.82, 2.24) is 9.97 Å². The van der Waals surface area contributed by atoms with Crippen molar-refractivity contribution in [2.24, 2.45) is 0 Å². The van der Waals surface area contributed by atoms with E-state index in [4.69, 9.17) is 0 Å². The fourth-order valence-corrected chi connectivity index (χ4v) is 2.73. The molecule has 1 saturated carbocycles. The molecular formula is C13H22N4S. The van der Waals surface area contributed by atoms with Crippen molar-refractivity contribution >= 4 is 23.4 Å². The van der Waals surface area contributed by atoms with Crippen LogP contribution in [0.3, 0.4) is 0 Å². The van der Waals surface area contributed by atoms with E-state index in [1.807, 2.05) is 19.4 Å². The first kappa shape index (κ1) is 13.5. The van der Waals surface area contributed by atoms with Crippen LogP contribution in [0.4, 0.5) is 11.6 Å². The molecule has 100 valence electrons. The van der Waals surface area contributed by atoms with Crippen molar-refractivity contribution in [3.05, 3.63) is 6.07 Å². The van der Waals surface area contributed by atoms with Gasteiger partial charge in [0.05, 0.1) is 0 Å². The van der Waals surface area contributed by atoms with Gasteiger partial charge in [0.2, 0.25) is 0 Å². The van der Waals surface area contributed by atoms with Crippen LogP contribution in [0.15, 0.2) is 11.2 Å². The number of thioether (sulfide) groups is 1. The van der Waals surface area contributed by atoms with Gasteiger partial charge in [-0.1, -0.05) is 37.4 Å².